The molecule has 0 spiro atoms. The van der Waals surface area contributed by atoms with Crippen molar-refractivity contribution in [2.45, 2.75) is 26.5 Å². The van der Waals surface area contributed by atoms with E-state index < -0.39 is 0 Å². The number of ether oxygens (including phenoxy) is 1. The van der Waals surface area contributed by atoms with Crippen LogP contribution in [0.15, 0.2) is 12.4 Å². The van der Waals surface area contributed by atoms with Gasteiger partial charge < -0.3 is 14.7 Å². The van der Waals surface area contributed by atoms with Crippen LogP contribution in [0.1, 0.15) is 19.4 Å². The predicted molar refractivity (Wildman–Crippen MR) is 62.3 cm³/mol. The van der Waals surface area contributed by atoms with E-state index >= 15 is 0 Å². The summed E-state index contributed by atoms with van der Waals surface area (Å²) in [5.74, 6) is 0.671. The van der Waals surface area contributed by atoms with Crippen LogP contribution in [0.4, 0.5) is 5.95 Å². The highest BCUT2D eigenvalue weighted by Crippen LogP contribution is 2.11. The minimum Gasteiger partial charge on any atom is -0.392 e. The van der Waals surface area contributed by atoms with E-state index in [2.05, 4.69) is 28.7 Å². The number of methoxy groups -OCH3 is 1. The van der Waals surface area contributed by atoms with E-state index in [1.54, 1.807) is 19.5 Å². The highest BCUT2D eigenvalue weighted by Gasteiger charge is 2.14. The standard InChI is InChI=1S/C11H19N3O2/c1-4-14(9(2)8-16-3)11-12-5-10(7-15)6-13-11/h5-6,9,15H,4,7-8H2,1-3H3. The zero-order valence-corrected chi connectivity index (χ0v) is 10.1. The Morgan fingerprint density at radius 3 is 2.50 bits per heavy atom. The van der Waals surface area contributed by atoms with E-state index in [4.69, 9.17) is 9.84 Å². The van der Waals surface area contributed by atoms with Crippen molar-refractivity contribution >= 4 is 5.95 Å². The van der Waals surface area contributed by atoms with Gasteiger partial charge in [-0.3, -0.25) is 0 Å². The van der Waals surface area contributed by atoms with Gasteiger partial charge in [0.25, 0.3) is 0 Å². The average molecular weight is 225 g/mol. The van der Waals surface area contributed by atoms with Gasteiger partial charge in [0.15, 0.2) is 0 Å². The highest BCUT2D eigenvalue weighted by molar-refractivity contribution is 5.31. The van der Waals surface area contributed by atoms with Crippen molar-refractivity contribution in [3.63, 3.8) is 0 Å². The molecule has 1 aromatic rings. The highest BCUT2D eigenvalue weighted by atomic mass is 16.5. The fourth-order valence-electron chi connectivity index (χ4n) is 1.56. The van der Waals surface area contributed by atoms with Crippen LogP contribution in [0.25, 0.3) is 0 Å². The molecule has 1 N–H and O–H groups in total. The summed E-state index contributed by atoms with van der Waals surface area (Å²) in [5.41, 5.74) is 0.721. The van der Waals surface area contributed by atoms with Crippen molar-refractivity contribution in [3.8, 4) is 0 Å². The molecule has 90 valence electrons. The van der Waals surface area contributed by atoms with Crippen molar-refractivity contribution < 1.29 is 9.84 Å². The quantitative estimate of drug-likeness (QED) is 0.777. The lowest BCUT2D eigenvalue weighted by molar-refractivity contribution is 0.181. The number of hydrogen-bond acceptors (Lipinski definition) is 5. The van der Waals surface area contributed by atoms with Gasteiger partial charge in [0.05, 0.1) is 19.3 Å². The Balaban J connectivity index is 2.78. The first-order valence-corrected chi connectivity index (χ1v) is 5.40. The van der Waals surface area contributed by atoms with Gasteiger partial charge in [0, 0.05) is 31.6 Å². The molecule has 5 nitrogen and oxygen atoms in total. The minimum atomic E-state index is -0.0277. The molecule has 1 atom stereocenters. The molecule has 0 saturated heterocycles. The third-order valence-electron chi connectivity index (χ3n) is 2.41. The van der Waals surface area contributed by atoms with Crippen LogP contribution in [0.5, 0.6) is 0 Å². The summed E-state index contributed by atoms with van der Waals surface area (Å²) in [4.78, 5) is 10.5. The molecule has 0 amide bonds. The summed E-state index contributed by atoms with van der Waals surface area (Å²) < 4.78 is 5.12. The largest absolute Gasteiger partial charge is 0.392 e. The van der Waals surface area contributed by atoms with Gasteiger partial charge in [-0.05, 0) is 13.8 Å². The number of rotatable bonds is 6. The second-order valence-corrected chi connectivity index (χ2v) is 3.64. The lowest BCUT2D eigenvalue weighted by atomic mass is 10.3. The minimum absolute atomic E-state index is 0.0277. The van der Waals surface area contributed by atoms with Gasteiger partial charge in [-0.2, -0.15) is 0 Å². The third-order valence-corrected chi connectivity index (χ3v) is 2.41. The fourth-order valence-corrected chi connectivity index (χ4v) is 1.56. The van der Waals surface area contributed by atoms with Gasteiger partial charge >= 0.3 is 0 Å². The zero-order chi connectivity index (χ0) is 12.0. The van der Waals surface area contributed by atoms with E-state index in [1.807, 2.05) is 0 Å². The zero-order valence-electron chi connectivity index (χ0n) is 10.1. The van der Waals surface area contributed by atoms with Crippen LogP contribution in [-0.2, 0) is 11.3 Å². The number of nitrogens with zero attached hydrogens (tertiary/aromatic N) is 3. The summed E-state index contributed by atoms with van der Waals surface area (Å²) >= 11 is 0. The van der Waals surface area contributed by atoms with Gasteiger partial charge in [0.2, 0.25) is 5.95 Å². The molecule has 0 aliphatic carbocycles. The molecule has 0 saturated carbocycles. The Morgan fingerprint density at radius 2 is 2.06 bits per heavy atom. The maximum atomic E-state index is 8.90. The van der Waals surface area contributed by atoms with Crippen LogP contribution < -0.4 is 4.90 Å². The van der Waals surface area contributed by atoms with Crippen LogP contribution in [0.3, 0.4) is 0 Å². The molecule has 5 heteroatoms. The van der Waals surface area contributed by atoms with Gasteiger partial charge in [-0.25, -0.2) is 9.97 Å². The number of anilines is 1. The molecular weight excluding hydrogens is 206 g/mol. The summed E-state index contributed by atoms with van der Waals surface area (Å²) in [6.45, 7) is 5.55. The normalized spacial score (nSPS) is 12.5. The molecule has 1 aromatic heterocycles. The Morgan fingerprint density at radius 1 is 1.44 bits per heavy atom. The molecule has 0 aliphatic rings. The average Bonchev–Trinajstić information content (AvgIpc) is 2.31. The Labute approximate surface area is 96.1 Å². The van der Waals surface area contributed by atoms with Crippen LogP contribution >= 0.6 is 0 Å². The van der Waals surface area contributed by atoms with Gasteiger partial charge in [0.1, 0.15) is 0 Å². The van der Waals surface area contributed by atoms with Crippen molar-refractivity contribution in [2.24, 2.45) is 0 Å². The van der Waals surface area contributed by atoms with Crippen LogP contribution in [-0.4, -0.2) is 41.4 Å². The molecule has 1 rings (SSSR count). The van der Waals surface area contributed by atoms with E-state index in [0.29, 0.717) is 12.6 Å². The summed E-state index contributed by atoms with van der Waals surface area (Å²) in [7, 11) is 1.68. The van der Waals surface area contributed by atoms with Crippen molar-refractivity contribution in [1.29, 1.82) is 0 Å². The van der Waals surface area contributed by atoms with Gasteiger partial charge in [-0.15, -0.1) is 0 Å². The van der Waals surface area contributed by atoms with E-state index in [-0.39, 0.29) is 12.6 Å². The molecule has 1 heterocycles. The molecule has 1 unspecified atom stereocenters. The number of aliphatic hydroxyl groups is 1. The second-order valence-electron chi connectivity index (χ2n) is 3.64. The van der Waals surface area contributed by atoms with Crippen molar-refractivity contribution in [3.05, 3.63) is 18.0 Å². The van der Waals surface area contributed by atoms with Gasteiger partial charge in [-0.1, -0.05) is 0 Å². The first-order valence-electron chi connectivity index (χ1n) is 5.40. The van der Waals surface area contributed by atoms with E-state index in [1.165, 1.54) is 0 Å². The lowest BCUT2D eigenvalue weighted by Gasteiger charge is -2.27. The molecule has 0 bridgehead atoms. The molecule has 0 aromatic carbocycles. The molecule has 0 aliphatic heterocycles. The number of hydrogen-bond donors (Lipinski definition) is 1. The van der Waals surface area contributed by atoms with Crippen LogP contribution in [0.2, 0.25) is 0 Å². The fraction of sp³-hybridized carbons (Fsp3) is 0.636. The number of aliphatic hydroxyl groups excluding tert-OH is 1. The maximum Gasteiger partial charge on any atom is 0.225 e. The number of likely N-dealkylation sites (N-methyl/N-ethyl adjacent to an activating group) is 1. The first-order chi connectivity index (χ1) is 7.72. The molecule has 0 radical (unpaired) electrons. The number of aromatic nitrogens is 2. The van der Waals surface area contributed by atoms with Crippen molar-refractivity contribution in [1.82, 2.24) is 9.97 Å². The first kappa shape index (κ1) is 12.9. The summed E-state index contributed by atoms with van der Waals surface area (Å²) in [6, 6.07) is 0.231. The molecule has 0 fully saturated rings. The van der Waals surface area contributed by atoms with Crippen LogP contribution in [0, 0.1) is 0 Å². The van der Waals surface area contributed by atoms with Crippen molar-refractivity contribution in [2.75, 3.05) is 25.2 Å². The Bertz CT molecular complexity index is 303. The topological polar surface area (TPSA) is 58.5 Å². The SMILES string of the molecule is CCN(c1ncc(CO)cn1)C(C)COC. The summed E-state index contributed by atoms with van der Waals surface area (Å²) in [6.07, 6.45) is 3.29. The molecular formula is C11H19N3O2. The monoisotopic (exact) mass is 225 g/mol. The third kappa shape index (κ3) is 3.15. The Kier molecular flexibility index (Phi) is 5.14. The summed E-state index contributed by atoms with van der Waals surface area (Å²) in [5, 5.41) is 8.90. The Hall–Kier alpha value is -1.20. The second kappa shape index (κ2) is 6.40. The lowest BCUT2D eigenvalue weighted by Crippen LogP contribution is -2.37. The van der Waals surface area contributed by atoms with E-state index in [9.17, 15) is 0 Å². The van der Waals surface area contributed by atoms with E-state index in [0.717, 1.165) is 12.1 Å². The molecule has 16 heavy (non-hydrogen) atoms. The predicted octanol–water partition coefficient (Wildman–Crippen LogP) is 0.830. The maximum absolute atomic E-state index is 8.90. The smallest absolute Gasteiger partial charge is 0.225 e.